The second-order valence-electron chi connectivity index (χ2n) is 1.67. The summed E-state index contributed by atoms with van der Waals surface area (Å²) in [4.78, 5) is 0. The largest absolute Gasteiger partial charge is 0.504 e. The van der Waals surface area contributed by atoms with E-state index in [0.29, 0.717) is 5.75 Å². The lowest BCUT2D eigenvalue weighted by Gasteiger charge is -1.99. The number of aromatic hydroxyl groups is 1. The van der Waals surface area contributed by atoms with Crippen LogP contribution in [0.25, 0.3) is 0 Å². The summed E-state index contributed by atoms with van der Waals surface area (Å²) in [5.41, 5.74) is 0. The molecule has 3 heteroatoms. The number of phenols is 1. The summed E-state index contributed by atoms with van der Waals surface area (Å²) in [7, 11) is 2.52. The summed E-state index contributed by atoms with van der Waals surface area (Å²) in [6.07, 6.45) is 0. The smallest absolute Gasteiger partial charge is 0.160 e. The molecule has 62 valence electrons. The Morgan fingerprint density at radius 1 is 1.18 bits per heavy atom. The Balaban J connectivity index is 0.000000461. The van der Waals surface area contributed by atoms with Crippen molar-refractivity contribution >= 4 is 0 Å². The molecule has 3 nitrogen and oxygen atoms in total. The van der Waals surface area contributed by atoms with Crippen molar-refractivity contribution in [2.45, 2.75) is 0 Å². The molecule has 0 atom stereocenters. The molecule has 0 fully saturated rings. The lowest BCUT2D eigenvalue weighted by atomic mass is 10.3. The first-order chi connectivity index (χ1) is 5.34. The predicted octanol–water partition coefficient (Wildman–Crippen LogP) is 1.01. The van der Waals surface area contributed by atoms with Crippen molar-refractivity contribution in [1.82, 2.24) is 0 Å². The van der Waals surface area contributed by atoms with Gasteiger partial charge in [-0.3, -0.25) is 0 Å². The maximum Gasteiger partial charge on any atom is 0.160 e. The Bertz CT molecular complexity index is 198. The minimum atomic E-state index is 0.181. The second-order valence-corrected chi connectivity index (χ2v) is 1.67. The quantitative estimate of drug-likeness (QED) is 0.638. The zero-order chi connectivity index (χ0) is 8.69. The van der Waals surface area contributed by atoms with Crippen molar-refractivity contribution in [2.24, 2.45) is 0 Å². The minimum absolute atomic E-state index is 0.181. The lowest BCUT2D eigenvalue weighted by Crippen LogP contribution is -1.80. The highest BCUT2D eigenvalue weighted by molar-refractivity contribution is 5.37. The summed E-state index contributed by atoms with van der Waals surface area (Å²) >= 11 is 0. The Hall–Kier alpha value is -1.22. The Kier molecular flexibility index (Phi) is 4.94. The van der Waals surface area contributed by atoms with Crippen molar-refractivity contribution in [3.8, 4) is 11.5 Å². The van der Waals surface area contributed by atoms with Crippen molar-refractivity contribution in [1.29, 1.82) is 0 Å². The molecule has 0 heterocycles. The van der Waals surface area contributed by atoms with Crippen LogP contribution in [0, 0.1) is 0 Å². The summed E-state index contributed by atoms with van der Waals surface area (Å²) in [6.45, 7) is 0. The van der Waals surface area contributed by atoms with Gasteiger partial charge >= 0.3 is 0 Å². The first-order valence-electron chi connectivity index (χ1n) is 3.11. The van der Waals surface area contributed by atoms with E-state index in [1.807, 2.05) is 0 Å². The first-order valence-corrected chi connectivity index (χ1v) is 3.11. The fourth-order valence-corrected chi connectivity index (χ4v) is 0.630. The van der Waals surface area contributed by atoms with Gasteiger partial charge in [0.2, 0.25) is 0 Å². The number of ether oxygens (including phenoxy) is 1. The highest BCUT2D eigenvalue weighted by atomic mass is 16.5. The van der Waals surface area contributed by atoms with Crippen molar-refractivity contribution in [2.75, 3.05) is 14.2 Å². The molecule has 11 heavy (non-hydrogen) atoms. The van der Waals surface area contributed by atoms with Crippen LogP contribution in [-0.2, 0) is 0 Å². The molecular weight excluding hydrogens is 144 g/mol. The second kappa shape index (κ2) is 5.56. The number of phenolic OH excluding ortho intramolecular Hbond substituents is 1. The van der Waals surface area contributed by atoms with Crippen LogP contribution in [0.15, 0.2) is 24.3 Å². The third kappa shape index (κ3) is 2.91. The number of hydrogen-bond donors (Lipinski definition) is 2. The molecule has 0 saturated carbocycles. The van der Waals surface area contributed by atoms with Gasteiger partial charge in [0, 0.05) is 7.11 Å². The van der Waals surface area contributed by atoms with Gasteiger partial charge in [0.25, 0.3) is 0 Å². The minimum Gasteiger partial charge on any atom is -0.504 e. The molecule has 0 spiro atoms. The molecule has 0 radical (unpaired) electrons. The molecule has 0 aliphatic heterocycles. The van der Waals surface area contributed by atoms with Crippen LogP contribution in [0.1, 0.15) is 0 Å². The van der Waals surface area contributed by atoms with E-state index in [0.717, 1.165) is 7.11 Å². The molecule has 1 rings (SSSR count). The standard InChI is InChI=1S/C7H8O2.CH4O/c1-9-7-5-3-2-4-6(7)8;1-2/h2-5,8H,1H3;2H,1H3. The Labute approximate surface area is 65.9 Å². The van der Waals surface area contributed by atoms with Gasteiger partial charge in [-0.15, -0.1) is 0 Å². The highest BCUT2D eigenvalue weighted by Gasteiger charge is 1.94. The highest BCUT2D eigenvalue weighted by Crippen LogP contribution is 2.22. The normalized spacial score (nSPS) is 7.91. The maximum absolute atomic E-state index is 8.99. The lowest BCUT2D eigenvalue weighted by molar-refractivity contribution is 0.373. The molecular formula is C8H12O3. The molecule has 0 aromatic heterocycles. The SMILES string of the molecule is CO.COc1ccccc1O. The van der Waals surface area contributed by atoms with E-state index >= 15 is 0 Å². The molecule has 0 amide bonds. The number of rotatable bonds is 1. The summed E-state index contributed by atoms with van der Waals surface area (Å²) in [6, 6.07) is 6.84. The van der Waals surface area contributed by atoms with Gasteiger partial charge < -0.3 is 14.9 Å². The molecule has 0 unspecified atom stereocenters. The molecule has 0 aliphatic rings. The average molecular weight is 156 g/mol. The first kappa shape index (κ1) is 9.78. The number of aliphatic hydroxyl groups is 1. The number of aliphatic hydroxyl groups excluding tert-OH is 1. The van der Waals surface area contributed by atoms with E-state index < -0.39 is 0 Å². The predicted molar refractivity (Wildman–Crippen MR) is 42.8 cm³/mol. The maximum atomic E-state index is 8.99. The van der Waals surface area contributed by atoms with Crippen LogP contribution in [0.2, 0.25) is 0 Å². The number of hydrogen-bond acceptors (Lipinski definition) is 3. The molecule has 1 aromatic carbocycles. The molecule has 0 bridgehead atoms. The van der Waals surface area contributed by atoms with Crippen LogP contribution in [0.3, 0.4) is 0 Å². The van der Waals surface area contributed by atoms with Crippen LogP contribution >= 0.6 is 0 Å². The topological polar surface area (TPSA) is 49.7 Å². The van der Waals surface area contributed by atoms with Gasteiger partial charge in [-0.1, -0.05) is 12.1 Å². The van der Waals surface area contributed by atoms with Gasteiger partial charge in [-0.25, -0.2) is 0 Å². The van der Waals surface area contributed by atoms with E-state index in [9.17, 15) is 0 Å². The van der Waals surface area contributed by atoms with Crippen molar-refractivity contribution < 1.29 is 14.9 Å². The molecule has 2 N–H and O–H groups in total. The summed E-state index contributed by atoms with van der Waals surface area (Å²) in [5, 5.41) is 16.0. The van der Waals surface area contributed by atoms with E-state index in [1.165, 1.54) is 7.11 Å². The molecule has 1 aromatic rings. The van der Waals surface area contributed by atoms with Gasteiger partial charge in [-0.05, 0) is 12.1 Å². The van der Waals surface area contributed by atoms with Crippen molar-refractivity contribution in [3.63, 3.8) is 0 Å². The Morgan fingerprint density at radius 3 is 2.09 bits per heavy atom. The fraction of sp³-hybridized carbons (Fsp3) is 0.250. The number of benzene rings is 1. The zero-order valence-corrected chi connectivity index (χ0v) is 6.61. The molecule has 0 saturated heterocycles. The third-order valence-electron chi connectivity index (χ3n) is 1.09. The van der Waals surface area contributed by atoms with Crippen LogP contribution in [0.4, 0.5) is 0 Å². The van der Waals surface area contributed by atoms with Gasteiger partial charge in [0.15, 0.2) is 11.5 Å². The van der Waals surface area contributed by atoms with E-state index in [1.54, 1.807) is 24.3 Å². The van der Waals surface area contributed by atoms with E-state index in [2.05, 4.69) is 0 Å². The zero-order valence-electron chi connectivity index (χ0n) is 6.61. The number of para-hydroxylation sites is 2. The Morgan fingerprint density at radius 2 is 1.73 bits per heavy atom. The van der Waals surface area contributed by atoms with Crippen LogP contribution < -0.4 is 4.74 Å². The average Bonchev–Trinajstić information content (AvgIpc) is 2.09. The van der Waals surface area contributed by atoms with Crippen molar-refractivity contribution in [3.05, 3.63) is 24.3 Å². The third-order valence-corrected chi connectivity index (χ3v) is 1.09. The van der Waals surface area contributed by atoms with Crippen LogP contribution in [-0.4, -0.2) is 24.4 Å². The van der Waals surface area contributed by atoms with E-state index in [-0.39, 0.29) is 5.75 Å². The number of methoxy groups -OCH3 is 1. The summed E-state index contributed by atoms with van der Waals surface area (Å²) in [5.74, 6) is 0.692. The molecule has 0 aliphatic carbocycles. The fourth-order valence-electron chi connectivity index (χ4n) is 0.630. The van der Waals surface area contributed by atoms with Gasteiger partial charge in [-0.2, -0.15) is 0 Å². The van der Waals surface area contributed by atoms with Gasteiger partial charge in [0.1, 0.15) is 0 Å². The summed E-state index contributed by atoms with van der Waals surface area (Å²) < 4.78 is 4.79. The monoisotopic (exact) mass is 156 g/mol. The van der Waals surface area contributed by atoms with E-state index in [4.69, 9.17) is 14.9 Å². The van der Waals surface area contributed by atoms with Gasteiger partial charge in [0.05, 0.1) is 7.11 Å². The van der Waals surface area contributed by atoms with Crippen LogP contribution in [0.5, 0.6) is 11.5 Å².